The van der Waals surface area contributed by atoms with Gasteiger partial charge in [-0.2, -0.15) is 4.31 Å². The molecule has 0 aliphatic carbocycles. The van der Waals surface area contributed by atoms with E-state index in [0.29, 0.717) is 5.52 Å². The van der Waals surface area contributed by atoms with Gasteiger partial charge in [-0.15, -0.1) is 0 Å². The maximum atomic E-state index is 13.1. The number of hydrogen-bond donors (Lipinski definition) is 0. The largest absolute Gasteiger partial charge is 0.491 e. The highest BCUT2D eigenvalue weighted by Crippen LogP contribution is 2.23. The monoisotopic (exact) mass is 489 g/mol. The van der Waals surface area contributed by atoms with Crippen molar-refractivity contribution >= 4 is 27.2 Å². The number of fused-ring (bicyclic) bond motifs is 1. The third kappa shape index (κ3) is 4.80. The molecule has 1 aliphatic heterocycles. The van der Waals surface area contributed by atoms with Crippen LogP contribution in [0.5, 0.6) is 5.75 Å². The molecule has 11 heteroatoms. The van der Waals surface area contributed by atoms with E-state index in [0.717, 1.165) is 11.3 Å². The van der Waals surface area contributed by atoms with Crippen LogP contribution < -0.4 is 10.5 Å². The Morgan fingerprint density at radius 1 is 1.09 bits per heavy atom. The van der Waals surface area contributed by atoms with E-state index in [-0.39, 0.29) is 56.4 Å². The number of sulfonamides is 1. The first-order valence-electron chi connectivity index (χ1n) is 11.0. The van der Waals surface area contributed by atoms with Crippen molar-refractivity contribution in [3.63, 3.8) is 0 Å². The maximum absolute atomic E-state index is 13.1. The van der Waals surface area contributed by atoms with Crippen LogP contribution in [0, 0.1) is 6.92 Å². The van der Waals surface area contributed by atoms with Gasteiger partial charge >= 0.3 is 11.8 Å². The predicted octanol–water partition coefficient (Wildman–Crippen LogP) is 2.44. The lowest BCUT2D eigenvalue weighted by molar-refractivity contribution is 0.0934. The lowest BCUT2D eigenvalue weighted by Crippen LogP contribution is -2.50. The number of aromatic nitrogens is 1. The summed E-state index contributed by atoms with van der Waals surface area (Å²) in [6.07, 6.45) is -0.449. The fraction of sp³-hybridized carbons (Fsp3) is 0.391. The third-order valence-corrected chi connectivity index (χ3v) is 7.60. The SMILES string of the molecule is CCOC(=O)N1CCN(S(=O)(=O)c2ccc3c(c2)oc(=O)n3CCOc2ccccc2C)CC1. The van der Waals surface area contributed by atoms with Crippen LogP contribution in [0.4, 0.5) is 4.79 Å². The standard InChI is InChI=1S/C23H27N3O7S/c1-3-31-22(27)24-10-12-25(13-11-24)34(29,30)18-8-9-19-21(16-18)33-23(28)26(19)14-15-32-20-7-5-4-6-17(20)2/h4-9,16H,3,10-15H2,1-2H3. The van der Waals surface area contributed by atoms with Gasteiger partial charge in [-0.05, 0) is 37.6 Å². The number of carbonyl (C=O) groups excluding carboxylic acids is 1. The zero-order valence-electron chi connectivity index (χ0n) is 19.1. The Kier molecular flexibility index (Phi) is 6.94. The number of benzene rings is 2. The summed E-state index contributed by atoms with van der Waals surface area (Å²) in [6.45, 7) is 5.22. The summed E-state index contributed by atoms with van der Waals surface area (Å²) in [5, 5.41) is 0. The van der Waals surface area contributed by atoms with Crippen molar-refractivity contribution in [3.8, 4) is 5.75 Å². The molecule has 0 radical (unpaired) electrons. The molecule has 1 amide bonds. The number of para-hydroxylation sites is 1. The van der Waals surface area contributed by atoms with Crippen molar-refractivity contribution in [3.05, 3.63) is 58.6 Å². The summed E-state index contributed by atoms with van der Waals surface area (Å²) in [4.78, 5) is 25.8. The Morgan fingerprint density at radius 2 is 1.82 bits per heavy atom. The minimum atomic E-state index is -3.82. The number of carbonyl (C=O) groups is 1. The number of piperazine rings is 1. The topological polar surface area (TPSA) is 111 Å². The fourth-order valence-corrected chi connectivity index (χ4v) is 5.30. The molecule has 0 bridgehead atoms. The first kappa shape index (κ1) is 23.8. The molecule has 10 nitrogen and oxygen atoms in total. The van der Waals surface area contributed by atoms with Gasteiger partial charge in [-0.25, -0.2) is 18.0 Å². The molecule has 2 aromatic carbocycles. The van der Waals surface area contributed by atoms with Gasteiger partial charge in [0, 0.05) is 32.2 Å². The average molecular weight is 490 g/mol. The van der Waals surface area contributed by atoms with Gasteiger partial charge < -0.3 is 18.8 Å². The van der Waals surface area contributed by atoms with Crippen LogP contribution in [0.2, 0.25) is 0 Å². The first-order chi connectivity index (χ1) is 16.3. The third-order valence-electron chi connectivity index (χ3n) is 5.71. The van der Waals surface area contributed by atoms with Crippen LogP contribution in [-0.4, -0.2) is 67.7 Å². The first-order valence-corrected chi connectivity index (χ1v) is 12.5. The predicted molar refractivity (Wildman–Crippen MR) is 125 cm³/mol. The van der Waals surface area contributed by atoms with E-state index < -0.39 is 21.9 Å². The zero-order chi connectivity index (χ0) is 24.3. The van der Waals surface area contributed by atoms with Crippen molar-refractivity contribution in [1.29, 1.82) is 0 Å². The minimum absolute atomic E-state index is 0.0293. The summed E-state index contributed by atoms with van der Waals surface area (Å²) in [5.41, 5.74) is 1.67. The van der Waals surface area contributed by atoms with E-state index in [1.807, 2.05) is 31.2 Å². The van der Waals surface area contributed by atoms with Gasteiger partial charge in [0.2, 0.25) is 10.0 Å². The summed E-state index contributed by atoms with van der Waals surface area (Å²) >= 11 is 0. The fourth-order valence-electron chi connectivity index (χ4n) is 3.86. The van der Waals surface area contributed by atoms with E-state index in [2.05, 4.69) is 0 Å². The van der Waals surface area contributed by atoms with E-state index in [1.165, 1.54) is 25.9 Å². The Balaban J connectivity index is 1.47. The molecule has 0 atom stereocenters. The number of rotatable bonds is 7. The molecule has 182 valence electrons. The highest BCUT2D eigenvalue weighted by atomic mass is 32.2. The second-order valence-electron chi connectivity index (χ2n) is 7.85. The quantitative estimate of drug-likeness (QED) is 0.501. The van der Waals surface area contributed by atoms with Crippen molar-refractivity contribution in [2.24, 2.45) is 0 Å². The van der Waals surface area contributed by atoms with Crippen LogP contribution >= 0.6 is 0 Å². The molecular formula is C23H27N3O7S. The van der Waals surface area contributed by atoms with Gasteiger partial charge in [0.25, 0.3) is 0 Å². The van der Waals surface area contributed by atoms with Gasteiger partial charge in [0.15, 0.2) is 5.58 Å². The van der Waals surface area contributed by atoms with Crippen LogP contribution in [-0.2, 0) is 21.3 Å². The number of hydrogen-bond acceptors (Lipinski definition) is 7. The second-order valence-corrected chi connectivity index (χ2v) is 9.79. The second kappa shape index (κ2) is 9.90. The Labute approximate surface area is 197 Å². The number of ether oxygens (including phenoxy) is 2. The molecule has 34 heavy (non-hydrogen) atoms. The minimum Gasteiger partial charge on any atom is -0.491 e. The van der Waals surface area contributed by atoms with E-state index in [4.69, 9.17) is 13.9 Å². The van der Waals surface area contributed by atoms with E-state index >= 15 is 0 Å². The Bertz CT molecular complexity index is 1340. The van der Waals surface area contributed by atoms with Gasteiger partial charge in [0.1, 0.15) is 12.4 Å². The number of amides is 1. The van der Waals surface area contributed by atoms with Crippen molar-refractivity contribution in [1.82, 2.24) is 13.8 Å². The number of aryl methyl sites for hydroxylation is 1. The molecule has 1 fully saturated rings. The number of oxazole rings is 1. The Morgan fingerprint density at radius 3 is 2.53 bits per heavy atom. The molecule has 1 aromatic heterocycles. The molecule has 0 saturated carbocycles. The molecule has 0 N–H and O–H groups in total. The van der Waals surface area contributed by atoms with Crippen molar-refractivity contribution < 1.29 is 27.1 Å². The van der Waals surface area contributed by atoms with Crippen LogP contribution in [0.3, 0.4) is 0 Å². The molecule has 2 heterocycles. The number of nitrogens with zero attached hydrogens (tertiary/aromatic N) is 3. The van der Waals surface area contributed by atoms with Crippen LogP contribution in [0.15, 0.2) is 56.6 Å². The molecular weight excluding hydrogens is 462 g/mol. The zero-order valence-corrected chi connectivity index (χ0v) is 19.9. The highest BCUT2D eigenvalue weighted by molar-refractivity contribution is 7.89. The van der Waals surface area contributed by atoms with Gasteiger partial charge in [-0.1, -0.05) is 18.2 Å². The lowest BCUT2D eigenvalue weighted by Gasteiger charge is -2.33. The summed E-state index contributed by atoms with van der Waals surface area (Å²) < 4.78 is 45.1. The van der Waals surface area contributed by atoms with Crippen molar-refractivity contribution in [2.75, 3.05) is 39.4 Å². The normalized spacial score (nSPS) is 14.9. The van der Waals surface area contributed by atoms with Crippen LogP contribution in [0.1, 0.15) is 12.5 Å². The summed E-state index contributed by atoms with van der Waals surface area (Å²) in [7, 11) is -3.82. The smallest absolute Gasteiger partial charge is 0.420 e. The average Bonchev–Trinajstić information content (AvgIpc) is 3.15. The van der Waals surface area contributed by atoms with Crippen LogP contribution in [0.25, 0.3) is 11.1 Å². The molecule has 4 rings (SSSR count). The molecule has 1 aliphatic rings. The summed E-state index contributed by atoms with van der Waals surface area (Å²) in [5.74, 6) is 0.153. The van der Waals surface area contributed by atoms with E-state index in [9.17, 15) is 18.0 Å². The lowest BCUT2D eigenvalue weighted by atomic mass is 10.2. The molecule has 3 aromatic rings. The van der Waals surface area contributed by atoms with Crippen molar-refractivity contribution in [2.45, 2.75) is 25.3 Å². The highest BCUT2D eigenvalue weighted by Gasteiger charge is 2.31. The summed E-state index contributed by atoms with van der Waals surface area (Å²) in [6, 6.07) is 12.0. The molecule has 1 saturated heterocycles. The maximum Gasteiger partial charge on any atom is 0.420 e. The van der Waals surface area contributed by atoms with Gasteiger partial charge in [0.05, 0.1) is 23.6 Å². The van der Waals surface area contributed by atoms with Gasteiger partial charge in [-0.3, -0.25) is 4.57 Å². The Hall–Kier alpha value is -3.31. The molecule has 0 unspecified atom stereocenters. The molecule has 0 spiro atoms. The van der Waals surface area contributed by atoms with E-state index in [1.54, 1.807) is 13.0 Å².